The van der Waals surface area contributed by atoms with Crippen LogP contribution in [0.2, 0.25) is 0 Å². The van der Waals surface area contributed by atoms with E-state index in [-0.39, 0.29) is 4.75 Å². The van der Waals surface area contributed by atoms with Crippen LogP contribution in [0, 0.1) is 0 Å². The number of hydrogen-bond donors (Lipinski definition) is 1. The lowest BCUT2D eigenvalue weighted by atomic mass is 10.2. The van der Waals surface area contributed by atoms with Crippen molar-refractivity contribution in [2.24, 2.45) is 0 Å². The van der Waals surface area contributed by atoms with Crippen molar-refractivity contribution in [3.8, 4) is 0 Å². The third kappa shape index (κ3) is 4.45. The summed E-state index contributed by atoms with van der Waals surface area (Å²) in [6.07, 6.45) is 0.884. The van der Waals surface area contributed by atoms with E-state index in [0.29, 0.717) is 17.3 Å². The SMILES string of the molecule is CCNCCc1ccc(S(=O)(=O)N2CCSC(C)(C)C2)s1. The number of thioether (sulfide) groups is 1. The molecule has 21 heavy (non-hydrogen) atoms. The Morgan fingerprint density at radius 3 is 2.81 bits per heavy atom. The maximum absolute atomic E-state index is 12.7. The predicted molar refractivity (Wildman–Crippen MR) is 91.9 cm³/mol. The van der Waals surface area contributed by atoms with Crippen LogP contribution >= 0.6 is 23.1 Å². The van der Waals surface area contributed by atoms with E-state index in [4.69, 9.17) is 0 Å². The van der Waals surface area contributed by atoms with Crippen LogP contribution in [-0.4, -0.2) is 49.4 Å². The number of likely N-dealkylation sites (N-methyl/N-ethyl adjacent to an activating group) is 1. The fourth-order valence-corrected chi connectivity index (χ4v) is 6.75. The van der Waals surface area contributed by atoms with E-state index in [1.165, 1.54) is 11.3 Å². The highest BCUT2D eigenvalue weighted by atomic mass is 32.2. The van der Waals surface area contributed by atoms with Gasteiger partial charge in [0.05, 0.1) is 0 Å². The highest BCUT2D eigenvalue weighted by molar-refractivity contribution is 8.00. The summed E-state index contributed by atoms with van der Waals surface area (Å²) in [5, 5.41) is 3.26. The van der Waals surface area contributed by atoms with E-state index in [9.17, 15) is 8.42 Å². The fraction of sp³-hybridized carbons (Fsp3) is 0.714. The zero-order valence-electron chi connectivity index (χ0n) is 12.9. The second-order valence-corrected chi connectivity index (χ2v) is 10.9. The fourth-order valence-electron chi connectivity index (χ4n) is 2.33. The molecule has 0 bridgehead atoms. The molecule has 0 amide bonds. The molecule has 0 radical (unpaired) electrons. The first-order valence-corrected chi connectivity index (χ1v) is 10.5. The van der Waals surface area contributed by atoms with E-state index in [0.717, 1.165) is 30.1 Å². The maximum Gasteiger partial charge on any atom is 0.252 e. The van der Waals surface area contributed by atoms with Crippen molar-refractivity contribution in [2.45, 2.75) is 36.1 Å². The molecule has 120 valence electrons. The van der Waals surface area contributed by atoms with Crippen LogP contribution in [0.4, 0.5) is 0 Å². The van der Waals surface area contributed by atoms with Crippen molar-refractivity contribution in [3.05, 3.63) is 17.0 Å². The number of thiophene rings is 1. The van der Waals surface area contributed by atoms with Crippen molar-refractivity contribution in [2.75, 3.05) is 31.9 Å². The first kappa shape index (κ1) is 17.3. The molecule has 0 atom stereocenters. The van der Waals surface area contributed by atoms with Crippen LogP contribution < -0.4 is 5.32 Å². The second kappa shape index (κ2) is 7.00. The highest BCUT2D eigenvalue weighted by Gasteiger charge is 2.35. The molecule has 1 aromatic rings. The minimum atomic E-state index is -3.32. The molecule has 1 fully saturated rings. The minimum Gasteiger partial charge on any atom is -0.317 e. The van der Waals surface area contributed by atoms with Gasteiger partial charge in [-0.05, 0) is 45.5 Å². The average molecular weight is 349 g/mol. The molecule has 0 unspecified atom stereocenters. The molecule has 1 aliphatic rings. The van der Waals surface area contributed by atoms with Crippen LogP contribution in [0.25, 0.3) is 0 Å². The molecule has 0 saturated carbocycles. The molecule has 2 heterocycles. The number of sulfonamides is 1. The summed E-state index contributed by atoms with van der Waals surface area (Å²) >= 11 is 3.25. The summed E-state index contributed by atoms with van der Waals surface area (Å²) in [6.45, 7) is 9.32. The standard InChI is InChI=1S/C14H24N2O2S3/c1-4-15-8-7-12-5-6-13(20-12)21(17,18)16-9-10-19-14(2,3)11-16/h5-6,15H,4,7-11H2,1-3H3. The molecule has 2 rings (SSSR count). The Hall–Kier alpha value is -0.0800. The topological polar surface area (TPSA) is 49.4 Å². The van der Waals surface area contributed by atoms with Crippen molar-refractivity contribution in [3.63, 3.8) is 0 Å². The molecule has 1 saturated heterocycles. The zero-order chi connectivity index (χ0) is 15.5. The molecular formula is C14H24N2O2S3. The van der Waals surface area contributed by atoms with Gasteiger partial charge < -0.3 is 5.32 Å². The van der Waals surface area contributed by atoms with Crippen molar-refractivity contribution >= 4 is 33.1 Å². The van der Waals surface area contributed by atoms with Gasteiger partial charge in [0, 0.05) is 28.5 Å². The third-order valence-electron chi connectivity index (χ3n) is 3.42. The van der Waals surface area contributed by atoms with Gasteiger partial charge in [0.2, 0.25) is 0 Å². The summed E-state index contributed by atoms with van der Waals surface area (Å²) in [5.41, 5.74) is 0. The van der Waals surface area contributed by atoms with Gasteiger partial charge in [-0.1, -0.05) is 6.92 Å². The summed E-state index contributed by atoms with van der Waals surface area (Å²) in [5.74, 6) is 0.866. The van der Waals surface area contributed by atoms with E-state index in [2.05, 4.69) is 26.1 Å². The third-order valence-corrected chi connectivity index (χ3v) is 8.17. The van der Waals surface area contributed by atoms with E-state index in [1.807, 2.05) is 17.8 Å². The molecule has 7 heteroatoms. The van der Waals surface area contributed by atoms with Crippen LogP contribution in [0.3, 0.4) is 0 Å². The van der Waals surface area contributed by atoms with E-state index in [1.54, 1.807) is 10.4 Å². The summed E-state index contributed by atoms with van der Waals surface area (Å²) in [4.78, 5) is 1.13. The Labute approximate surface area is 136 Å². The van der Waals surface area contributed by atoms with Gasteiger partial charge in [-0.2, -0.15) is 16.1 Å². The Kier molecular flexibility index (Phi) is 5.76. The predicted octanol–water partition coefficient (Wildman–Crippen LogP) is 2.42. The zero-order valence-corrected chi connectivity index (χ0v) is 15.3. The molecule has 1 aromatic heterocycles. The first-order valence-electron chi connectivity index (χ1n) is 7.29. The molecule has 1 N–H and O–H groups in total. The first-order chi connectivity index (χ1) is 9.85. The van der Waals surface area contributed by atoms with Gasteiger partial charge in [-0.15, -0.1) is 11.3 Å². The number of rotatable bonds is 6. The lowest BCUT2D eigenvalue weighted by Gasteiger charge is -2.36. The van der Waals surface area contributed by atoms with E-state index < -0.39 is 10.0 Å². The largest absolute Gasteiger partial charge is 0.317 e. The number of nitrogens with one attached hydrogen (secondary N) is 1. The van der Waals surface area contributed by atoms with Crippen LogP contribution in [0.1, 0.15) is 25.6 Å². The van der Waals surface area contributed by atoms with Gasteiger partial charge in [0.15, 0.2) is 0 Å². The minimum absolute atomic E-state index is 0.00352. The lowest BCUT2D eigenvalue weighted by Crippen LogP contribution is -2.45. The second-order valence-electron chi connectivity index (χ2n) is 5.77. The van der Waals surface area contributed by atoms with Gasteiger partial charge >= 0.3 is 0 Å². The van der Waals surface area contributed by atoms with Crippen molar-refractivity contribution < 1.29 is 8.42 Å². The van der Waals surface area contributed by atoms with Gasteiger partial charge in [0.1, 0.15) is 4.21 Å². The van der Waals surface area contributed by atoms with Crippen LogP contribution in [0.5, 0.6) is 0 Å². The summed E-state index contributed by atoms with van der Waals surface area (Å²) in [6, 6.07) is 3.70. The van der Waals surface area contributed by atoms with Gasteiger partial charge in [-0.3, -0.25) is 0 Å². The van der Waals surface area contributed by atoms with Crippen LogP contribution in [-0.2, 0) is 16.4 Å². The molecular weight excluding hydrogens is 324 g/mol. The molecule has 0 aromatic carbocycles. The van der Waals surface area contributed by atoms with Crippen LogP contribution in [0.15, 0.2) is 16.3 Å². The van der Waals surface area contributed by atoms with Crippen molar-refractivity contribution in [1.29, 1.82) is 0 Å². The Bertz CT molecular complexity index is 567. The molecule has 1 aliphatic heterocycles. The van der Waals surface area contributed by atoms with E-state index >= 15 is 0 Å². The van der Waals surface area contributed by atoms with Crippen molar-refractivity contribution in [1.82, 2.24) is 9.62 Å². The Morgan fingerprint density at radius 2 is 2.14 bits per heavy atom. The Morgan fingerprint density at radius 1 is 1.38 bits per heavy atom. The number of nitrogens with zero attached hydrogens (tertiary/aromatic N) is 1. The monoisotopic (exact) mass is 348 g/mol. The Balaban J connectivity index is 2.09. The normalized spacial score (nSPS) is 19.8. The number of hydrogen-bond acceptors (Lipinski definition) is 5. The maximum atomic E-state index is 12.7. The smallest absolute Gasteiger partial charge is 0.252 e. The highest BCUT2D eigenvalue weighted by Crippen LogP contribution is 2.34. The molecule has 0 aliphatic carbocycles. The average Bonchev–Trinajstić information content (AvgIpc) is 2.87. The molecule has 0 spiro atoms. The van der Waals surface area contributed by atoms with Gasteiger partial charge in [0.25, 0.3) is 10.0 Å². The molecule has 4 nitrogen and oxygen atoms in total. The van der Waals surface area contributed by atoms with Gasteiger partial charge in [-0.25, -0.2) is 8.42 Å². The summed E-state index contributed by atoms with van der Waals surface area (Å²) in [7, 11) is -3.32. The quantitative estimate of drug-likeness (QED) is 0.802. The summed E-state index contributed by atoms with van der Waals surface area (Å²) < 4.78 is 27.6. The lowest BCUT2D eigenvalue weighted by molar-refractivity contribution is 0.388.